The maximum absolute atomic E-state index is 12.5. The Hall–Kier alpha value is -2.00. The number of nitro groups is 1. The highest BCUT2D eigenvalue weighted by Gasteiger charge is 2.27. The molecule has 0 aliphatic heterocycles. The highest BCUT2D eigenvalue weighted by atomic mass is 35.5. The van der Waals surface area contributed by atoms with Crippen molar-refractivity contribution in [2.75, 3.05) is 13.2 Å². The zero-order chi connectivity index (χ0) is 18.4. The van der Waals surface area contributed by atoms with Gasteiger partial charge in [-0.3, -0.25) is 10.1 Å². The molecule has 2 aromatic carbocycles. The Morgan fingerprint density at radius 2 is 1.88 bits per heavy atom. The lowest BCUT2D eigenvalue weighted by Gasteiger charge is -2.17. The van der Waals surface area contributed by atoms with Gasteiger partial charge in [0.05, 0.1) is 4.92 Å². The Morgan fingerprint density at radius 1 is 1.20 bits per heavy atom. The topological polar surface area (TPSA) is 110 Å². The number of aliphatic hydroxyl groups excluding tert-OH is 1. The Bertz CT molecular complexity index is 843. The van der Waals surface area contributed by atoms with Gasteiger partial charge in [0, 0.05) is 24.2 Å². The minimum atomic E-state index is -4.11. The molecule has 2 N–H and O–H groups in total. The SMILES string of the molecule is O=[N+]([O-])c1cc(Cl)ccc1S(=O)(=O)NC[C@@H](CCO)c1ccccc1. The van der Waals surface area contributed by atoms with Gasteiger partial charge in [0.2, 0.25) is 10.0 Å². The van der Waals surface area contributed by atoms with Crippen LogP contribution in [0.2, 0.25) is 5.02 Å². The zero-order valence-corrected chi connectivity index (χ0v) is 14.7. The molecular formula is C16H17ClN2O5S. The second-order valence-electron chi connectivity index (χ2n) is 5.34. The molecular weight excluding hydrogens is 368 g/mol. The maximum Gasteiger partial charge on any atom is 0.290 e. The molecule has 7 nitrogen and oxygen atoms in total. The van der Waals surface area contributed by atoms with E-state index in [9.17, 15) is 23.6 Å². The van der Waals surface area contributed by atoms with Gasteiger partial charge in [-0.1, -0.05) is 41.9 Å². The van der Waals surface area contributed by atoms with Gasteiger partial charge >= 0.3 is 0 Å². The molecule has 0 saturated heterocycles. The fraction of sp³-hybridized carbons (Fsp3) is 0.250. The van der Waals surface area contributed by atoms with Gasteiger partial charge in [0.25, 0.3) is 5.69 Å². The second kappa shape index (κ2) is 8.39. The molecule has 0 aliphatic carbocycles. The van der Waals surface area contributed by atoms with Crippen LogP contribution in [0.4, 0.5) is 5.69 Å². The van der Waals surface area contributed by atoms with Crippen molar-refractivity contribution >= 4 is 27.3 Å². The van der Waals surface area contributed by atoms with E-state index in [0.29, 0.717) is 6.42 Å². The van der Waals surface area contributed by atoms with Crippen LogP contribution in [0.15, 0.2) is 53.4 Å². The molecule has 0 aliphatic rings. The number of nitro benzene ring substituents is 1. The number of hydrogen-bond acceptors (Lipinski definition) is 5. The van der Waals surface area contributed by atoms with Crippen LogP contribution in [0, 0.1) is 10.1 Å². The predicted molar refractivity (Wildman–Crippen MR) is 94.2 cm³/mol. The van der Waals surface area contributed by atoms with Crippen molar-refractivity contribution in [3.63, 3.8) is 0 Å². The van der Waals surface area contributed by atoms with E-state index >= 15 is 0 Å². The van der Waals surface area contributed by atoms with Gasteiger partial charge in [-0.25, -0.2) is 13.1 Å². The van der Waals surface area contributed by atoms with E-state index in [4.69, 9.17) is 11.6 Å². The van der Waals surface area contributed by atoms with Crippen LogP contribution in [0.3, 0.4) is 0 Å². The fourth-order valence-corrected chi connectivity index (χ4v) is 3.81. The molecule has 9 heteroatoms. The van der Waals surface area contributed by atoms with Gasteiger partial charge in [-0.05, 0) is 30.0 Å². The van der Waals surface area contributed by atoms with E-state index in [1.165, 1.54) is 6.07 Å². The molecule has 2 rings (SSSR count). The zero-order valence-electron chi connectivity index (χ0n) is 13.1. The van der Waals surface area contributed by atoms with Crippen LogP contribution in [0.25, 0.3) is 0 Å². The molecule has 0 amide bonds. The van der Waals surface area contributed by atoms with Crippen LogP contribution in [0.5, 0.6) is 0 Å². The number of aliphatic hydroxyl groups is 1. The minimum Gasteiger partial charge on any atom is -0.396 e. The third-order valence-electron chi connectivity index (χ3n) is 3.68. The van der Waals surface area contributed by atoms with Crippen LogP contribution < -0.4 is 4.72 Å². The quantitative estimate of drug-likeness (QED) is 0.537. The van der Waals surface area contributed by atoms with Crippen molar-refractivity contribution < 1.29 is 18.4 Å². The first kappa shape index (κ1) is 19.3. The second-order valence-corrected chi connectivity index (χ2v) is 7.51. The van der Waals surface area contributed by atoms with E-state index in [1.807, 2.05) is 30.3 Å². The molecule has 0 radical (unpaired) electrons. The Kier molecular flexibility index (Phi) is 6.49. The standard InChI is InChI=1S/C16H17ClN2O5S/c17-14-6-7-16(15(10-14)19(21)22)25(23,24)18-11-13(8-9-20)12-4-2-1-3-5-12/h1-7,10,13,18,20H,8-9,11H2/t13-/m1/s1. The third kappa shape index (κ3) is 4.99. The van der Waals surface area contributed by atoms with E-state index in [2.05, 4.69) is 4.72 Å². The number of nitrogens with one attached hydrogen (secondary N) is 1. The lowest BCUT2D eigenvalue weighted by atomic mass is 9.96. The van der Waals surface area contributed by atoms with Crippen molar-refractivity contribution in [2.24, 2.45) is 0 Å². The van der Waals surface area contributed by atoms with Crippen LogP contribution >= 0.6 is 11.6 Å². The highest BCUT2D eigenvalue weighted by Crippen LogP contribution is 2.27. The number of sulfonamides is 1. The molecule has 0 fully saturated rings. The monoisotopic (exact) mass is 384 g/mol. The summed E-state index contributed by atoms with van der Waals surface area (Å²) < 4.78 is 27.4. The summed E-state index contributed by atoms with van der Waals surface area (Å²) in [7, 11) is -4.11. The Balaban J connectivity index is 2.25. The van der Waals surface area contributed by atoms with Gasteiger partial charge in [0.1, 0.15) is 0 Å². The van der Waals surface area contributed by atoms with Crippen molar-refractivity contribution in [2.45, 2.75) is 17.2 Å². The average Bonchev–Trinajstić information content (AvgIpc) is 2.59. The molecule has 0 heterocycles. The summed E-state index contributed by atoms with van der Waals surface area (Å²) in [6, 6.07) is 12.5. The first-order valence-corrected chi connectivity index (χ1v) is 9.30. The first-order chi connectivity index (χ1) is 11.8. The first-order valence-electron chi connectivity index (χ1n) is 7.44. The van der Waals surface area contributed by atoms with Crippen molar-refractivity contribution in [3.05, 3.63) is 69.2 Å². The normalized spacial score (nSPS) is 12.7. The van der Waals surface area contributed by atoms with E-state index in [-0.39, 0.29) is 24.1 Å². The van der Waals surface area contributed by atoms with Gasteiger partial charge in [-0.2, -0.15) is 0 Å². The molecule has 0 unspecified atom stereocenters. The van der Waals surface area contributed by atoms with Crippen molar-refractivity contribution in [1.82, 2.24) is 4.72 Å². The largest absolute Gasteiger partial charge is 0.396 e. The van der Waals surface area contributed by atoms with E-state index in [1.54, 1.807) is 0 Å². The van der Waals surface area contributed by atoms with Crippen LogP contribution in [0.1, 0.15) is 17.9 Å². The molecule has 0 spiro atoms. The fourth-order valence-electron chi connectivity index (χ4n) is 2.42. The number of benzene rings is 2. The maximum atomic E-state index is 12.5. The van der Waals surface area contributed by atoms with Crippen molar-refractivity contribution in [3.8, 4) is 0 Å². The molecule has 0 bridgehead atoms. The van der Waals surface area contributed by atoms with E-state index in [0.717, 1.165) is 17.7 Å². The lowest BCUT2D eigenvalue weighted by Crippen LogP contribution is -2.29. The summed E-state index contributed by atoms with van der Waals surface area (Å²) >= 11 is 5.71. The number of halogens is 1. The Labute approximate surface area is 150 Å². The summed E-state index contributed by atoms with van der Waals surface area (Å²) in [4.78, 5) is 9.87. The van der Waals surface area contributed by atoms with Gasteiger partial charge in [0.15, 0.2) is 4.90 Å². The van der Waals surface area contributed by atoms with Crippen LogP contribution in [-0.4, -0.2) is 31.6 Å². The number of nitrogens with zero attached hydrogens (tertiary/aromatic N) is 1. The third-order valence-corrected chi connectivity index (χ3v) is 5.38. The number of hydrogen-bond donors (Lipinski definition) is 2. The summed E-state index contributed by atoms with van der Waals surface area (Å²) in [6.45, 7) is -0.102. The average molecular weight is 385 g/mol. The minimum absolute atomic E-state index is 0.00663. The summed E-state index contributed by atoms with van der Waals surface area (Å²) in [5.74, 6) is -0.257. The predicted octanol–water partition coefficient (Wildman–Crippen LogP) is 2.69. The summed E-state index contributed by atoms with van der Waals surface area (Å²) in [5, 5.41) is 20.4. The Morgan fingerprint density at radius 3 is 2.48 bits per heavy atom. The summed E-state index contributed by atoms with van der Waals surface area (Å²) in [6.07, 6.45) is 0.356. The van der Waals surface area contributed by atoms with Crippen molar-refractivity contribution in [1.29, 1.82) is 0 Å². The molecule has 0 saturated carbocycles. The van der Waals surface area contributed by atoms with E-state index < -0.39 is 25.5 Å². The smallest absolute Gasteiger partial charge is 0.290 e. The summed E-state index contributed by atoms with van der Waals surface area (Å²) in [5.41, 5.74) is 0.281. The number of rotatable bonds is 8. The molecule has 2 aromatic rings. The van der Waals surface area contributed by atoms with Crippen LogP contribution in [-0.2, 0) is 10.0 Å². The highest BCUT2D eigenvalue weighted by molar-refractivity contribution is 7.89. The van der Waals surface area contributed by atoms with Gasteiger partial charge < -0.3 is 5.11 Å². The lowest BCUT2D eigenvalue weighted by molar-refractivity contribution is -0.387. The molecule has 25 heavy (non-hydrogen) atoms. The molecule has 0 aromatic heterocycles. The molecule has 1 atom stereocenters. The molecule has 134 valence electrons. The van der Waals surface area contributed by atoms with Gasteiger partial charge in [-0.15, -0.1) is 0 Å².